The lowest BCUT2D eigenvalue weighted by Gasteiger charge is -2.36. The van der Waals surface area contributed by atoms with Crippen LogP contribution in [0.15, 0.2) is 170 Å². The Balaban J connectivity index is 1.43. The lowest BCUT2D eigenvalue weighted by molar-refractivity contribution is 0.774. The van der Waals surface area contributed by atoms with Crippen LogP contribution in [0.25, 0.3) is 33.4 Å². The third kappa shape index (κ3) is 3.68. The first-order valence-electron chi connectivity index (χ1n) is 15.7. The average molecular weight is 574 g/mol. The summed E-state index contributed by atoms with van der Waals surface area (Å²) in [6.45, 7) is 2.22. The predicted molar refractivity (Wildman–Crippen MR) is 188 cm³/mol. The summed E-state index contributed by atoms with van der Waals surface area (Å²) >= 11 is 0. The molecule has 9 rings (SSSR count). The first-order valence-corrected chi connectivity index (χ1v) is 15.7. The van der Waals surface area contributed by atoms with Crippen LogP contribution in [-0.2, 0) is 5.41 Å². The lowest BCUT2D eigenvalue weighted by atomic mass is 9.65. The van der Waals surface area contributed by atoms with Crippen LogP contribution >= 0.6 is 0 Å². The smallest absolute Gasteiger partial charge is 0.0726 e. The number of fused-ring (bicyclic) bond motifs is 12. The molecule has 7 aromatic rings. The number of benzene rings is 7. The topological polar surface area (TPSA) is 3.24 Å². The number of hydrogen-bond donors (Lipinski definition) is 0. The van der Waals surface area contributed by atoms with Gasteiger partial charge in [0.1, 0.15) is 0 Å². The van der Waals surface area contributed by atoms with E-state index in [0.717, 1.165) is 17.1 Å². The summed E-state index contributed by atoms with van der Waals surface area (Å²) in [5.41, 5.74) is 17.3. The molecular weight excluding hydrogens is 542 g/mol. The number of nitrogens with zero attached hydrogens (tertiary/aromatic N) is 1. The second-order valence-corrected chi connectivity index (χ2v) is 12.2. The van der Waals surface area contributed by atoms with Crippen molar-refractivity contribution in [3.05, 3.63) is 198 Å². The molecule has 1 spiro atoms. The van der Waals surface area contributed by atoms with Crippen molar-refractivity contribution in [1.82, 2.24) is 0 Å². The summed E-state index contributed by atoms with van der Waals surface area (Å²) < 4.78 is 0. The van der Waals surface area contributed by atoms with Crippen LogP contribution in [-0.4, -0.2) is 0 Å². The molecule has 0 saturated carbocycles. The van der Waals surface area contributed by atoms with E-state index in [1.54, 1.807) is 0 Å². The molecule has 0 fully saturated rings. The number of anilines is 3. The van der Waals surface area contributed by atoms with Crippen LogP contribution in [0.2, 0.25) is 0 Å². The van der Waals surface area contributed by atoms with Crippen LogP contribution in [0.3, 0.4) is 0 Å². The Labute approximate surface area is 264 Å². The Morgan fingerprint density at radius 1 is 0.333 bits per heavy atom. The first-order chi connectivity index (χ1) is 22.2. The van der Waals surface area contributed by atoms with Gasteiger partial charge in [0.25, 0.3) is 0 Å². The van der Waals surface area contributed by atoms with E-state index in [-0.39, 0.29) is 0 Å². The monoisotopic (exact) mass is 573 g/mol. The van der Waals surface area contributed by atoms with Gasteiger partial charge in [-0.2, -0.15) is 0 Å². The van der Waals surface area contributed by atoms with Gasteiger partial charge in [-0.3, -0.25) is 0 Å². The maximum absolute atomic E-state index is 2.47. The van der Waals surface area contributed by atoms with Gasteiger partial charge < -0.3 is 4.90 Å². The summed E-state index contributed by atoms with van der Waals surface area (Å²) in [5, 5.41) is 0. The normalized spacial score (nSPS) is 13.2. The molecule has 7 aromatic carbocycles. The minimum absolute atomic E-state index is 0.502. The van der Waals surface area contributed by atoms with Gasteiger partial charge in [0.05, 0.1) is 5.41 Å². The van der Waals surface area contributed by atoms with Crippen molar-refractivity contribution in [3.8, 4) is 33.4 Å². The molecule has 0 N–H and O–H groups in total. The Morgan fingerprint density at radius 2 is 0.756 bits per heavy atom. The van der Waals surface area contributed by atoms with Gasteiger partial charge in [-0.05, 0) is 99.0 Å². The third-order valence-corrected chi connectivity index (χ3v) is 9.73. The maximum atomic E-state index is 2.47. The molecule has 0 unspecified atom stereocenters. The molecule has 2 aliphatic carbocycles. The summed E-state index contributed by atoms with van der Waals surface area (Å²) in [6, 6.07) is 62.7. The summed E-state index contributed by atoms with van der Waals surface area (Å²) in [4.78, 5) is 2.38. The molecule has 0 saturated heterocycles. The van der Waals surface area contributed by atoms with E-state index in [1.807, 2.05) is 0 Å². The van der Waals surface area contributed by atoms with E-state index in [4.69, 9.17) is 0 Å². The van der Waals surface area contributed by atoms with Crippen LogP contribution in [0.1, 0.15) is 27.8 Å². The molecule has 45 heavy (non-hydrogen) atoms. The van der Waals surface area contributed by atoms with Gasteiger partial charge in [0.2, 0.25) is 0 Å². The van der Waals surface area contributed by atoms with Crippen molar-refractivity contribution in [2.75, 3.05) is 4.90 Å². The molecule has 0 aliphatic heterocycles. The van der Waals surface area contributed by atoms with E-state index in [0.29, 0.717) is 0 Å². The molecule has 0 radical (unpaired) electrons. The highest BCUT2D eigenvalue weighted by molar-refractivity contribution is 5.98. The van der Waals surface area contributed by atoms with E-state index in [1.165, 1.54) is 61.2 Å². The fraction of sp³-hybridized carbons (Fsp3) is 0.0455. The van der Waals surface area contributed by atoms with Gasteiger partial charge >= 0.3 is 0 Å². The minimum atomic E-state index is -0.502. The highest BCUT2D eigenvalue weighted by Crippen LogP contribution is 2.62. The molecule has 0 amide bonds. The molecule has 0 heterocycles. The van der Waals surface area contributed by atoms with Crippen molar-refractivity contribution in [2.24, 2.45) is 0 Å². The second kappa shape index (κ2) is 9.94. The molecule has 0 aromatic heterocycles. The largest absolute Gasteiger partial charge is 0.310 e. The molecule has 212 valence electrons. The Bertz CT molecular complexity index is 2120. The zero-order chi connectivity index (χ0) is 30.0. The van der Waals surface area contributed by atoms with Gasteiger partial charge in [-0.15, -0.1) is 0 Å². The number of aryl methyl sites for hydroxylation is 1. The summed E-state index contributed by atoms with van der Waals surface area (Å²) in [6.07, 6.45) is 0. The number of para-hydroxylation sites is 2. The van der Waals surface area contributed by atoms with Crippen molar-refractivity contribution in [2.45, 2.75) is 12.3 Å². The Kier molecular flexibility index (Phi) is 5.70. The number of hydrogen-bond acceptors (Lipinski definition) is 1. The fourth-order valence-corrected chi connectivity index (χ4v) is 7.93. The van der Waals surface area contributed by atoms with Gasteiger partial charge in [0, 0.05) is 17.1 Å². The third-order valence-electron chi connectivity index (χ3n) is 9.73. The molecule has 0 bridgehead atoms. The fourth-order valence-electron chi connectivity index (χ4n) is 7.93. The van der Waals surface area contributed by atoms with Gasteiger partial charge in [0.15, 0.2) is 0 Å². The van der Waals surface area contributed by atoms with Crippen molar-refractivity contribution in [1.29, 1.82) is 0 Å². The molecule has 1 heteroatoms. The van der Waals surface area contributed by atoms with Crippen molar-refractivity contribution in [3.63, 3.8) is 0 Å². The van der Waals surface area contributed by atoms with Crippen LogP contribution in [0, 0.1) is 6.92 Å². The molecular formula is C44H31N. The van der Waals surface area contributed by atoms with Gasteiger partial charge in [-0.25, -0.2) is 0 Å². The lowest BCUT2D eigenvalue weighted by Crippen LogP contribution is -2.29. The van der Waals surface area contributed by atoms with E-state index in [2.05, 4.69) is 182 Å². The summed E-state index contributed by atoms with van der Waals surface area (Å²) in [5.74, 6) is 0. The van der Waals surface area contributed by atoms with E-state index in [9.17, 15) is 0 Å². The maximum Gasteiger partial charge on any atom is 0.0726 e. The van der Waals surface area contributed by atoms with Crippen LogP contribution < -0.4 is 4.90 Å². The average Bonchev–Trinajstić information content (AvgIpc) is 3.32. The SMILES string of the molecule is Cc1ccc2c(c1)C1(c3ccccc3-c3ccccc3-c3ccccc31)c1cc(N(c3ccccc3)c3ccccc3)ccc1-2. The summed E-state index contributed by atoms with van der Waals surface area (Å²) in [7, 11) is 0. The highest BCUT2D eigenvalue weighted by Gasteiger charge is 2.50. The van der Waals surface area contributed by atoms with Gasteiger partial charge in [-0.1, -0.05) is 139 Å². The Morgan fingerprint density at radius 3 is 1.31 bits per heavy atom. The van der Waals surface area contributed by atoms with Crippen molar-refractivity contribution >= 4 is 17.1 Å². The van der Waals surface area contributed by atoms with E-state index < -0.39 is 5.41 Å². The zero-order valence-electron chi connectivity index (χ0n) is 25.1. The molecule has 2 aliphatic rings. The first kappa shape index (κ1) is 25.8. The standard InChI is InChI=1S/C44H31N/c1-30-24-26-38-39-27-25-33(45(31-14-4-2-5-15-31)32-16-6-3-7-17-32)29-43(39)44(42(38)28-30)40-22-12-10-20-36(40)34-18-8-9-19-35(34)37-21-11-13-23-41(37)44/h2-29H,1H3. The minimum Gasteiger partial charge on any atom is -0.310 e. The number of rotatable bonds is 3. The second-order valence-electron chi connectivity index (χ2n) is 12.2. The quantitative estimate of drug-likeness (QED) is 0.203. The Hall–Kier alpha value is -5.66. The molecule has 0 atom stereocenters. The zero-order valence-corrected chi connectivity index (χ0v) is 25.1. The highest BCUT2D eigenvalue weighted by atomic mass is 15.1. The predicted octanol–water partition coefficient (Wildman–Crippen LogP) is 11.5. The van der Waals surface area contributed by atoms with E-state index >= 15 is 0 Å². The van der Waals surface area contributed by atoms with Crippen molar-refractivity contribution < 1.29 is 0 Å². The van der Waals surface area contributed by atoms with Crippen LogP contribution in [0.5, 0.6) is 0 Å². The molecule has 1 nitrogen and oxygen atoms in total. The van der Waals surface area contributed by atoms with Crippen LogP contribution in [0.4, 0.5) is 17.1 Å².